The first-order valence-corrected chi connectivity index (χ1v) is 5.34. The Balaban J connectivity index is 2.62. The Morgan fingerprint density at radius 2 is 2.41 bits per heavy atom. The lowest BCUT2D eigenvalue weighted by atomic mass is 10.3. The molecule has 0 atom stereocenters. The fourth-order valence-corrected chi connectivity index (χ4v) is 1.08. The minimum atomic E-state index is -0.377. The van der Waals surface area contributed by atoms with E-state index in [1.165, 1.54) is 6.20 Å². The third-order valence-corrected chi connectivity index (χ3v) is 1.93. The van der Waals surface area contributed by atoms with Gasteiger partial charge in [0.1, 0.15) is 17.5 Å². The van der Waals surface area contributed by atoms with Gasteiger partial charge in [0.25, 0.3) is 5.91 Å². The number of nitriles is 1. The minimum absolute atomic E-state index is 0.0316. The van der Waals surface area contributed by atoms with Crippen molar-refractivity contribution in [1.29, 1.82) is 5.26 Å². The first-order chi connectivity index (χ1) is 8.27. The summed E-state index contributed by atoms with van der Waals surface area (Å²) in [7, 11) is 0. The van der Waals surface area contributed by atoms with E-state index in [0.717, 1.165) is 6.42 Å². The molecule has 0 aromatic carbocycles. The highest BCUT2D eigenvalue weighted by atomic mass is 16.1. The molecule has 0 bridgehead atoms. The summed E-state index contributed by atoms with van der Waals surface area (Å²) in [6.45, 7) is 2.50. The molecule has 1 amide bonds. The van der Waals surface area contributed by atoms with E-state index >= 15 is 0 Å². The molecule has 0 aliphatic rings. The van der Waals surface area contributed by atoms with E-state index in [-0.39, 0.29) is 11.5 Å². The van der Waals surface area contributed by atoms with E-state index in [0.29, 0.717) is 12.4 Å². The molecule has 1 aromatic rings. The largest absolute Gasteiger partial charge is 0.351 e. The van der Waals surface area contributed by atoms with E-state index in [4.69, 9.17) is 5.26 Å². The fourth-order valence-electron chi connectivity index (χ4n) is 1.08. The molecular weight excluding hydrogens is 216 g/mol. The van der Waals surface area contributed by atoms with E-state index in [1.54, 1.807) is 18.3 Å². The summed E-state index contributed by atoms with van der Waals surface area (Å²) in [4.78, 5) is 15.5. The van der Waals surface area contributed by atoms with Gasteiger partial charge in [-0.25, -0.2) is 4.98 Å². The zero-order valence-corrected chi connectivity index (χ0v) is 9.60. The van der Waals surface area contributed by atoms with Crippen LogP contribution in [0.15, 0.2) is 36.2 Å². The first-order valence-electron chi connectivity index (χ1n) is 5.34. The highest BCUT2D eigenvalue weighted by Gasteiger charge is 2.06. The van der Waals surface area contributed by atoms with Crippen LogP contribution in [0.1, 0.15) is 13.3 Å². The van der Waals surface area contributed by atoms with Gasteiger partial charge in [0.05, 0.1) is 0 Å². The van der Waals surface area contributed by atoms with Gasteiger partial charge in [-0.2, -0.15) is 5.26 Å². The molecule has 1 heterocycles. The molecule has 0 saturated carbocycles. The maximum absolute atomic E-state index is 11.5. The van der Waals surface area contributed by atoms with Crippen molar-refractivity contribution in [3.8, 4) is 6.07 Å². The zero-order valence-electron chi connectivity index (χ0n) is 9.60. The Bertz CT molecular complexity index is 434. The van der Waals surface area contributed by atoms with Crippen molar-refractivity contribution in [3.63, 3.8) is 0 Å². The highest BCUT2D eigenvalue weighted by Crippen LogP contribution is 2.01. The highest BCUT2D eigenvalue weighted by molar-refractivity contribution is 5.97. The molecular formula is C12H14N4O. The van der Waals surface area contributed by atoms with Crippen LogP contribution >= 0.6 is 0 Å². The summed E-state index contributed by atoms with van der Waals surface area (Å²) in [5.41, 5.74) is 0.0316. The molecule has 0 spiro atoms. The van der Waals surface area contributed by atoms with Crippen molar-refractivity contribution in [3.05, 3.63) is 36.2 Å². The minimum Gasteiger partial charge on any atom is -0.351 e. The van der Waals surface area contributed by atoms with Gasteiger partial charge in [-0.15, -0.1) is 0 Å². The van der Waals surface area contributed by atoms with Gasteiger partial charge in [-0.1, -0.05) is 13.0 Å². The quantitative estimate of drug-likeness (QED) is 0.592. The van der Waals surface area contributed by atoms with Gasteiger partial charge in [0, 0.05) is 18.9 Å². The Labute approximate surface area is 100 Å². The molecule has 0 fully saturated rings. The lowest BCUT2D eigenvalue weighted by Crippen LogP contribution is -2.25. The number of nitrogens with zero attached hydrogens (tertiary/aromatic N) is 2. The summed E-state index contributed by atoms with van der Waals surface area (Å²) in [5, 5.41) is 14.3. The van der Waals surface area contributed by atoms with Crippen molar-refractivity contribution in [2.45, 2.75) is 13.3 Å². The summed E-state index contributed by atoms with van der Waals surface area (Å²) in [6, 6.07) is 7.18. The van der Waals surface area contributed by atoms with Crippen LogP contribution in [0.2, 0.25) is 0 Å². The van der Waals surface area contributed by atoms with E-state index in [2.05, 4.69) is 15.6 Å². The molecule has 88 valence electrons. The van der Waals surface area contributed by atoms with Gasteiger partial charge in [0.15, 0.2) is 0 Å². The number of nitrogens with one attached hydrogen (secondary N) is 2. The van der Waals surface area contributed by atoms with E-state index in [9.17, 15) is 4.79 Å². The fraction of sp³-hybridized carbons (Fsp3) is 0.250. The molecule has 5 nitrogen and oxygen atoms in total. The van der Waals surface area contributed by atoms with Crippen LogP contribution < -0.4 is 10.6 Å². The number of carbonyl (C=O) groups is 1. The monoisotopic (exact) mass is 230 g/mol. The van der Waals surface area contributed by atoms with Crippen molar-refractivity contribution in [2.75, 3.05) is 11.9 Å². The molecule has 0 radical (unpaired) electrons. The summed E-state index contributed by atoms with van der Waals surface area (Å²) in [5.74, 6) is 0.210. The average molecular weight is 230 g/mol. The second-order valence-electron chi connectivity index (χ2n) is 3.29. The summed E-state index contributed by atoms with van der Waals surface area (Å²) < 4.78 is 0. The molecule has 1 rings (SSSR count). The predicted octanol–water partition coefficient (Wildman–Crippen LogP) is 1.43. The smallest absolute Gasteiger partial charge is 0.263 e. The number of anilines is 1. The standard InChI is InChI=1S/C12H14N4O/c1-2-6-15-12(17)10(8-13)9-16-11-5-3-4-7-14-11/h3-5,7,9H,2,6H2,1H3,(H,14,16)(H,15,17)/b10-9-. The molecule has 1 aromatic heterocycles. The molecule has 17 heavy (non-hydrogen) atoms. The maximum atomic E-state index is 11.5. The van der Waals surface area contributed by atoms with Gasteiger partial charge >= 0.3 is 0 Å². The van der Waals surface area contributed by atoms with Crippen molar-refractivity contribution < 1.29 is 4.79 Å². The Morgan fingerprint density at radius 1 is 1.59 bits per heavy atom. The second-order valence-corrected chi connectivity index (χ2v) is 3.29. The Morgan fingerprint density at radius 3 is 3.00 bits per heavy atom. The topological polar surface area (TPSA) is 77.8 Å². The summed E-state index contributed by atoms with van der Waals surface area (Å²) >= 11 is 0. The van der Waals surface area contributed by atoms with Gasteiger partial charge < -0.3 is 10.6 Å². The molecule has 5 heteroatoms. The molecule has 0 saturated heterocycles. The lowest BCUT2D eigenvalue weighted by molar-refractivity contribution is -0.117. The Kier molecular flexibility index (Phi) is 5.25. The van der Waals surface area contributed by atoms with Crippen LogP contribution in [0.25, 0.3) is 0 Å². The third kappa shape index (κ3) is 4.34. The van der Waals surface area contributed by atoms with Gasteiger partial charge in [-0.3, -0.25) is 4.79 Å². The molecule has 0 unspecified atom stereocenters. The predicted molar refractivity (Wildman–Crippen MR) is 64.9 cm³/mol. The number of pyridine rings is 1. The van der Waals surface area contributed by atoms with Crippen molar-refractivity contribution >= 4 is 11.7 Å². The maximum Gasteiger partial charge on any atom is 0.263 e. The number of aromatic nitrogens is 1. The number of carbonyl (C=O) groups excluding carboxylic acids is 1. The number of hydrogen-bond acceptors (Lipinski definition) is 4. The van der Waals surface area contributed by atoms with Crippen LogP contribution in [-0.2, 0) is 4.79 Å². The lowest BCUT2D eigenvalue weighted by Gasteiger charge is -2.02. The third-order valence-electron chi connectivity index (χ3n) is 1.93. The van der Waals surface area contributed by atoms with E-state index in [1.807, 2.05) is 19.1 Å². The average Bonchev–Trinajstić information content (AvgIpc) is 2.38. The van der Waals surface area contributed by atoms with Crippen LogP contribution in [0, 0.1) is 11.3 Å². The number of rotatable bonds is 5. The van der Waals surface area contributed by atoms with E-state index < -0.39 is 0 Å². The Hall–Kier alpha value is -2.35. The van der Waals surface area contributed by atoms with Crippen LogP contribution in [0.4, 0.5) is 5.82 Å². The number of amides is 1. The molecule has 0 aliphatic carbocycles. The number of hydrogen-bond donors (Lipinski definition) is 2. The van der Waals surface area contributed by atoms with Crippen LogP contribution in [-0.4, -0.2) is 17.4 Å². The van der Waals surface area contributed by atoms with Gasteiger partial charge in [0.2, 0.25) is 0 Å². The normalized spacial score (nSPS) is 10.5. The van der Waals surface area contributed by atoms with Crippen LogP contribution in [0.3, 0.4) is 0 Å². The van der Waals surface area contributed by atoms with Crippen molar-refractivity contribution in [2.24, 2.45) is 0 Å². The second kappa shape index (κ2) is 7.01. The van der Waals surface area contributed by atoms with Gasteiger partial charge in [-0.05, 0) is 18.6 Å². The molecule has 0 aliphatic heterocycles. The molecule has 2 N–H and O–H groups in total. The summed E-state index contributed by atoms with van der Waals surface area (Å²) in [6.07, 6.45) is 3.81. The van der Waals surface area contributed by atoms with Crippen molar-refractivity contribution in [1.82, 2.24) is 10.3 Å². The van der Waals surface area contributed by atoms with Crippen LogP contribution in [0.5, 0.6) is 0 Å². The zero-order chi connectivity index (χ0) is 12.5. The first kappa shape index (κ1) is 12.7. The SMILES string of the molecule is CCCNC(=O)/C(C#N)=C\Nc1ccccn1.